The van der Waals surface area contributed by atoms with Crippen LogP contribution in [-0.2, 0) is 11.3 Å². The van der Waals surface area contributed by atoms with Gasteiger partial charge in [0.05, 0.1) is 6.54 Å². The third-order valence-corrected chi connectivity index (χ3v) is 1.67. The smallest absolute Gasteiger partial charge is 0.407 e. The molecule has 0 bridgehead atoms. The standard InChI is InChI=1S/C11H14N2O2/c1-9(12)7-13-11(14)15-8-10-5-3-2-4-6-10/h2-6H,1,7-8,12H2,(H,13,14). The fourth-order valence-corrected chi connectivity index (χ4v) is 0.960. The first-order valence-corrected chi connectivity index (χ1v) is 4.56. The zero-order valence-corrected chi connectivity index (χ0v) is 8.40. The molecule has 0 atom stereocenters. The minimum absolute atomic E-state index is 0.230. The number of nitrogens with one attached hydrogen (secondary N) is 1. The molecule has 15 heavy (non-hydrogen) atoms. The number of alkyl carbamates (subject to hydrolysis) is 1. The minimum atomic E-state index is -0.495. The van der Waals surface area contributed by atoms with Gasteiger partial charge in [0, 0.05) is 5.70 Å². The van der Waals surface area contributed by atoms with Crippen molar-refractivity contribution in [1.82, 2.24) is 5.32 Å². The van der Waals surface area contributed by atoms with Crippen LogP contribution in [0.2, 0.25) is 0 Å². The Hall–Kier alpha value is -1.97. The number of benzene rings is 1. The summed E-state index contributed by atoms with van der Waals surface area (Å²) in [6, 6.07) is 9.45. The van der Waals surface area contributed by atoms with Crippen LogP contribution in [0.4, 0.5) is 4.79 Å². The van der Waals surface area contributed by atoms with Crippen LogP contribution in [0.25, 0.3) is 0 Å². The molecule has 1 aromatic rings. The molecule has 1 amide bonds. The third kappa shape index (κ3) is 4.71. The van der Waals surface area contributed by atoms with Crippen molar-refractivity contribution >= 4 is 6.09 Å². The maximum atomic E-state index is 11.1. The summed E-state index contributed by atoms with van der Waals surface area (Å²) >= 11 is 0. The Balaban J connectivity index is 2.26. The Kier molecular flexibility index (Phi) is 4.22. The van der Waals surface area contributed by atoms with Crippen molar-refractivity contribution in [3.05, 3.63) is 48.2 Å². The molecule has 1 aromatic carbocycles. The summed E-state index contributed by atoms with van der Waals surface area (Å²) in [6.45, 7) is 3.94. The Morgan fingerprint density at radius 3 is 2.67 bits per heavy atom. The van der Waals surface area contributed by atoms with Gasteiger partial charge in [-0.1, -0.05) is 36.9 Å². The number of carbonyl (C=O) groups is 1. The van der Waals surface area contributed by atoms with E-state index in [4.69, 9.17) is 10.5 Å². The van der Waals surface area contributed by atoms with Gasteiger partial charge in [-0.25, -0.2) is 4.79 Å². The van der Waals surface area contributed by atoms with E-state index in [1.165, 1.54) is 0 Å². The number of hydrogen-bond donors (Lipinski definition) is 2. The van der Waals surface area contributed by atoms with Crippen LogP contribution in [0.15, 0.2) is 42.6 Å². The average Bonchev–Trinajstić information content (AvgIpc) is 2.25. The highest BCUT2D eigenvalue weighted by atomic mass is 16.5. The monoisotopic (exact) mass is 206 g/mol. The van der Waals surface area contributed by atoms with E-state index in [-0.39, 0.29) is 13.2 Å². The van der Waals surface area contributed by atoms with Gasteiger partial charge >= 0.3 is 6.09 Å². The van der Waals surface area contributed by atoms with Crippen LogP contribution in [0.5, 0.6) is 0 Å². The van der Waals surface area contributed by atoms with Crippen molar-refractivity contribution in [2.45, 2.75) is 6.61 Å². The SMILES string of the molecule is C=C(N)CNC(=O)OCc1ccccc1. The van der Waals surface area contributed by atoms with E-state index >= 15 is 0 Å². The molecule has 80 valence electrons. The number of hydrogen-bond acceptors (Lipinski definition) is 3. The predicted molar refractivity (Wildman–Crippen MR) is 58.0 cm³/mol. The molecular weight excluding hydrogens is 192 g/mol. The Labute approximate surface area is 88.7 Å². The minimum Gasteiger partial charge on any atom is -0.445 e. The van der Waals surface area contributed by atoms with Crippen LogP contribution in [0.3, 0.4) is 0 Å². The van der Waals surface area contributed by atoms with Crippen LogP contribution < -0.4 is 11.1 Å². The molecule has 0 fully saturated rings. The summed E-state index contributed by atoms with van der Waals surface area (Å²) in [5.74, 6) is 0. The van der Waals surface area contributed by atoms with Crippen LogP contribution in [-0.4, -0.2) is 12.6 Å². The average molecular weight is 206 g/mol. The lowest BCUT2D eigenvalue weighted by molar-refractivity contribution is 0.140. The Morgan fingerprint density at radius 2 is 2.07 bits per heavy atom. The maximum Gasteiger partial charge on any atom is 0.407 e. The molecule has 0 radical (unpaired) electrons. The van der Waals surface area contributed by atoms with E-state index in [1.807, 2.05) is 30.3 Å². The molecule has 0 heterocycles. The first-order chi connectivity index (χ1) is 7.18. The molecule has 0 saturated heterocycles. The lowest BCUT2D eigenvalue weighted by Gasteiger charge is -2.06. The van der Waals surface area contributed by atoms with Gasteiger partial charge in [-0.2, -0.15) is 0 Å². The molecule has 0 unspecified atom stereocenters. The largest absolute Gasteiger partial charge is 0.445 e. The van der Waals surface area contributed by atoms with Crippen molar-refractivity contribution in [2.75, 3.05) is 6.54 Å². The van der Waals surface area contributed by atoms with Gasteiger partial charge in [0.2, 0.25) is 0 Å². The molecule has 0 aromatic heterocycles. The highest BCUT2D eigenvalue weighted by Gasteiger charge is 2.01. The van der Waals surface area contributed by atoms with Gasteiger partial charge < -0.3 is 15.8 Å². The molecule has 0 saturated carbocycles. The third-order valence-electron chi connectivity index (χ3n) is 1.67. The summed E-state index contributed by atoms with van der Waals surface area (Å²) in [6.07, 6.45) is -0.495. The quantitative estimate of drug-likeness (QED) is 0.782. The van der Waals surface area contributed by atoms with E-state index < -0.39 is 6.09 Å². The van der Waals surface area contributed by atoms with Gasteiger partial charge in [-0.05, 0) is 5.56 Å². The topological polar surface area (TPSA) is 64.3 Å². The van der Waals surface area contributed by atoms with Crippen LogP contribution >= 0.6 is 0 Å². The summed E-state index contributed by atoms with van der Waals surface area (Å²) < 4.78 is 4.93. The van der Waals surface area contributed by atoms with Gasteiger partial charge in [-0.3, -0.25) is 0 Å². The fourth-order valence-electron chi connectivity index (χ4n) is 0.960. The summed E-state index contributed by atoms with van der Waals surface area (Å²) in [5.41, 5.74) is 6.62. The lowest BCUT2D eigenvalue weighted by Crippen LogP contribution is -2.27. The molecule has 3 N–H and O–H groups in total. The summed E-state index contributed by atoms with van der Waals surface area (Å²) in [5, 5.41) is 2.47. The second kappa shape index (κ2) is 5.70. The Morgan fingerprint density at radius 1 is 1.40 bits per heavy atom. The fraction of sp³-hybridized carbons (Fsp3) is 0.182. The van der Waals surface area contributed by atoms with E-state index in [9.17, 15) is 4.79 Å². The van der Waals surface area contributed by atoms with Gasteiger partial charge in [0.1, 0.15) is 6.61 Å². The predicted octanol–water partition coefficient (Wildman–Crippen LogP) is 1.39. The molecule has 0 aliphatic heterocycles. The van der Waals surface area contributed by atoms with Crippen molar-refractivity contribution in [3.63, 3.8) is 0 Å². The van der Waals surface area contributed by atoms with E-state index in [1.54, 1.807) is 0 Å². The molecule has 0 spiro atoms. The zero-order valence-electron chi connectivity index (χ0n) is 8.40. The highest BCUT2D eigenvalue weighted by Crippen LogP contribution is 2.00. The summed E-state index contributed by atoms with van der Waals surface area (Å²) in [4.78, 5) is 11.1. The van der Waals surface area contributed by atoms with Crippen molar-refractivity contribution in [3.8, 4) is 0 Å². The van der Waals surface area contributed by atoms with Crippen molar-refractivity contribution in [1.29, 1.82) is 0 Å². The molecule has 1 rings (SSSR count). The van der Waals surface area contributed by atoms with Gasteiger partial charge in [-0.15, -0.1) is 0 Å². The first-order valence-electron chi connectivity index (χ1n) is 4.56. The zero-order chi connectivity index (χ0) is 11.1. The Bertz CT molecular complexity index is 336. The molecule has 4 heteroatoms. The summed E-state index contributed by atoms with van der Waals surface area (Å²) in [7, 11) is 0. The van der Waals surface area contributed by atoms with Crippen LogP contribution in [0, 0.1) is 0 Å². The second-order valence-electron chi connectivity index (χ2n) is 3.07. The molecular formula is C11H14N2O2. The number of carbonyl (C=O) groups excluding carboxylic acids is 1. The second-order valence-corrected chi connectivity index (χ2v) is 3.07. The number of ether oxygens (including phenoxy) is 1. The normalized spacial score (nSPS) is 9.33. The van der Waals surface area contributed by atoms with Crippen molar-refractivity contribution < 1.29 is 9.53 Å². The number of rotatable bonds is 4. The maximum absolute atomic E-state index is 11.1. The van der Waals surface area contributed by atoms with Gasteiger partial charge in [0.15, 0.2) is 0 Å². The first kappa shape index (κ1) is 11.1. The van der Waals surface area contributed by atoms with Crippen molar-refractivity contribution in [2.24, 2.45) is 5.73 Å². The number of amides is 1. The van der Waals surface area contributed by atoms with E-state index in [0.717, 1.165) is 5.56 Å². The molecule has 4 nitrogen and oxygen atoms in total. The van der Waals surface area contributed by atoms with Crippen LogP contribution in [0.1, 0.15) is 5.56 Å². The molecule has 0 aliphatic rings. The van der Waals surface area contributed by atoms with Gasteiger partial charge in [0.25, 0.3) is 0 Å². The number of nitrogens with two attached hydrogens (primary N) is 1. The van der Waals surface area contributed by atoms with E-state index in [0.29, 0.717) is 5.70 Å². The van der Waals surface area contributed by atoms with E-state index in [2.05, 4.69) is 11.9 Å². The highest BCUT2D eigenvalue weighted by molar-refractivity contribution is 5.67. The lowest BCUT2D eigenvalue weighted by atomic mass is 10.2. The molecule has 0 aliphatic carbocycles.